The van der Waals surface area contributed by atoms with Gasteiger partial charge >= 0.3 is 5.24 Å². The molecule has 1 amide bonds. The number of sulfonamides is 1. The van der Waals surface area contributed by atoms with Gasteiger partial charge < -0.3 is 0 Å². The van der Waals surface area contributed by atoms with Crippen LogP contribution in [0.25, 0.3) is 0 Å². The third kappa shape index (κ3) is 2.06. The molecule has 1 rings (SSSR count). The van der Waals surface area contributed by atoms with E-state index in [1.54, 1.807) is 6.07 Å². The molecule has 14 heavy (non-hydrogen) atoms. The highest BCUT2D eigenvalue weighted by Crippen LogP contribution is 2.14. The summed E-state index contributed by atoms with van der Waals surface area (Å²) in [6.07, 6.45) is 0. The van der Waals surface area contributed by atoms with Gasteiger partial charge in [0.15, 0.2) is 0 Å². The molecule has 0 aromatic heterocycles. The molecule has 0 spiro atoms. The fraction of sp³-hybridized carbons (Fsp3) is 0. The largest absolute Gasteiger partial charge is 0.316 e. The van der Waals surface area contributed by atoms with Crippen LogP contribution in [0.5, 0.6) is 0 Å². The summed E-state index contributed by atoms with van der Waals surface area (Å²) >= 11 is 3.19. The number of benzene rings is 1. The SMILES string of the molecule is O=C(S)N(O)S(=O)(=O)c1ccccc1. The number of hydrogen-bond acceptors (Lipinski definition) is 4. The van der Waals surface area contributed by atoms with Gasteiger partial charge in [0.2, 0.25) is 0 Å². The zero-order chi connectivity index (χ0) is 10.8. The van der Waals surface area contributed by atoms with Crippen LogP contribution in [-0.4, -0.2) is 23.3 Å². The van der Waals surface area contributed by atoms with Crippen molar-refractivity contribution in [2.75, 3.05) is 0 Å². The maximum absolute atomic E-state index is 11.4. The highest BCUT2D eigenvalue weighted by Gasteiger charge is 2.25. The maximum atomic E-state index is 11.4. The van der Waals surface area contributed by atoms with E-state index < -0.39 is 19.7 Å². The molecule has 0 fully saturated rings. The summed E-state index contributed by atoms with van der Waals surface area (Å²) in [5.74, 6) is 0. The monoisotopic (exact) mass is 233 g/mol. The van der Waals surface area contributed by atoms with E-state index in [2.05, 4.69) is 12.6 Å². The minimum absolute atomic E-state index is 0.176. The van der Waals surface area contributed by atoms with Crippen LogP contribution in [0.4, 0.5) is 4.79 Å². The van der Waals surface area contributed by atoms with Gasteiger partial charge in [0.25, 0.3) is 10.0 Å². The van der Waals surface area contributed by atoms with E-state index >= 15 is 0 Å². The van der Waals surface area contributed by atoms with E-state index in [-0.39, 0.29) is 4.90 Å². The Bertz CT molecular complexity index is 428. The van der Waals surface area contributed by atoms with E-state index in [4.69, 9.17) is 5.21 Å². The molecular weight excluding hydrogens is 226 g/mol. The van der Waals surface area contributed by atoms with Gasteiger partial charge in [-0.15, -0.1) is 0 Å². The van der Waals surface area contributed by atoms with Crippen LogP contribution in [0.15, 0.2) is 35.2 Å². The minimum Gasteiger partial charge on any atom is -0.271 e. The molecule has 1 aromatic rings. The second-order valence-electron chi connectivity index (χ2n) is 2.34. The molecule has 0 aliphatic carbocycles. The molecule has 0 aliphatic heterocycles. The van der Waals surface area contributed by atoms with Crippen LogP contribution in [0.1, 0.15) is 0 Å². The molecule has 76 valence electrons. The van der Waals surface area contributed by atoms with E-state index in [0.717, 1.165) is 0 Å². The highest BCUT2D eigenvalue weighted by atomic mass is 32.2. The van der Waals surface area contributed by atoms with E-state index in [0.29, 0.717) is 0 Å². The van der Waals surface area contributed by atoms with Crippen molar-refractivity contribution in [3.8, 4) is 0 Å². The Labute approximate surface area is 86.4 Å². The predicted octanol–water partition coefficient (Wildman–Crippen LogP) is 1.12. The number of rotatable bonds is 2. The van der Waals surface area contributed by atoms with E-state index in [1.807, 2.05) is 0 Å². The second kappa shape index (κ2) is 3.99. The molecule has 0 atom stereocenters. The molecule has 0 aliphatic rings. The van der Waals surface area contributed by atoms with Gasteiger partial charge in [-0.3, -0.25) is 10.0 Å². The summed E-state index contributed by atoms with van der Waals surface area (Å²) in [4.78, 5) is 10.3. The first-order valence-corrected chi connectivity index (χ1v) is 5.37. The zero-order valence-electron chi connectivity index (χ0n) is 6.86. The second-order valence-corrected chi connectivity index (χ2v) is 4.49. The van der Waals surface area contributed by atoms with Gasteiger partial charge in [0, 0.05) is 0 Å². The van der Waals surface area contributed by atoms with Crippen LogP contribution in [0.2, 0.25) is 0 Å². The van der Waals surface area contributed by atoms with Gasteiger partial charge in [-0.05, 0) is 12.1 Å². The fourth-order valence-corrected chi connectivity index (χ4v) is 2.02. The summed E-state index contributed by atoms with van der Waals surface area (Å²) in [5.41, 5.74) is 0. The number of nitrogens with zero attached hydrogens (tertiary/aromatic N) is 1. The Morgan fingerprint density at radius 3 is 2.21 bits per heavy atom. The lowest BCUT2D eigenvalue weighted by molar-refractivity contribution is 0.0551. The van der Waals surface area contributed by atoms with Crippen molar-refractivity contribution in [2.45, 2.75) is 4.90 Å². The molecule has 0 saturated heterocycles. The summed E-state index contributed by atoms with van der Waals surface area (Å²) in [6.45, 7) is 0. The molecule has 0 bridgehead atoms. The fourth-order valence-electron chi connectivity index (χ4n) is 0.795. The quantitative estimate of drug-likeness (QED) is 0.456. The first kappa shape index (κ1) is 11.0. The maximum Gasteiger partial charge on any atom is 0.316 e. The van der Waals surface area contributed by atoms with Crippen LogP contribution >= 0.6 is 12.6 Å². The Morgan fingerprint density at radius 1 is 1.29 bits per heavy atom. The van der Waals surface area contributed by atoms with E-state index in [9.17, 15) is 13.2 Å². The van der Waals surface area contributed by atoms with Gasteiger partial charge in [-0.1, -0.05) is 35.3 Å². The molecular formula is C7H7NO4S2. The normalized spacial score (nSPS) is 11.0. The molecule has 1 N–H and O–H groups in total. The number of hydroxylamine groups is 1. The molecule has 0 heterocycles. The van der Waals surface area contributed by atoms with Crippen molar-refractivity contribution >= 4 is 27.9 Å². The lowest BCUT2D eigenvalue weighted by atomic mass is 10.4. The van der Waals surface area contributed by atoms with Crippen molar-refractivity contribution in [3.05, 3.63) is 30.3 Å². The number of carbonyl (C=O) groups is 1. The van der Waals surface area contributed by atoms with Crippen molar-refractivity contribution in [3.63, 3.8) is 0 Å². The van der Waals surface area contributed by atoms with Crippen LogP contribution < -0.4 is 0 Å². The standard InChI is InChI=1S/C7H7NO4S2/c9-7(13)8(10)14(11,12)6-4-2-1-3-5-6/h1-5,10H,(H,9,13). The average Bonchev–Trinajstić information content (AvgIpc) is 2.18. The van der Waals surface area contributed by atoms with Crippen molar-refractivity contribution < 1.29 is 18.4 Å². The van der Waals surface area contributed by atoms with Crippen LogP contribution in [0.3, 0.4) is 0 Å². The Morgan fingerprint density at radius 2 is 1.79 bits per heavy atom. The molecule has 0 saturated carbocycles. The van der Waals surface area contributed by atoms with Crippen molar-refractivity contribution in [1.29, 1.82) is 0 Å². The summed E-state index contributed by atoms with van der Waals surface area (Å²) < 4.78 is 22.3. The number of amides is 1. The van der Waals surface area contributed by atoms with Gasteiger partial charge in [0.1, 0.15) is 0 Å². The molecule has 5 nitrogen and oxygen atoms in total. The Balaban J connectivity index is 3.16. The van der Waals surface area contributed by atoms with Gasteiger partial charge in [-0.2, -0.15) is 8.42 Å². The van der Waals surface area contributed by atoms with Crippen molar-refractivity contribution in [1.82, 2.24) is 4.47 Å². The van der Waals surface area contributed by atoms with Gasteiger partial charge in [0.05, 0.1) is 4.90 Å². The molecule has 0 radical (unpaired) electrons. The average molecular weight is 233 g/mol. The lowest BCUT2D eigenvalue weighted by Crippen LogP contribution is -2.29. The third-order valence-electron chi connectivity index (χ3n) is 1.43. The minimum atomic E-state index is -4.18. The molecule has 1 aromatic carbocycles. The number of hydrogen-bond donors (Lipinski definition) is 2. The van der Waals surface area contributed by atoms with Gasteiger partial charge in [-0.25, -0.2) is 0 Å². The topological polar surface area (TPSA) is 74.7 Å². The lowest BCUT2D eigenvalue weighted by Gasteiger charge is -2.11. The first-order valence-electron chi connectivity index (χ1n) is 3.48. The number of carbonyl (C=O) groups excluding carboxylic acids is 1. The summed E-state index contributed by atoms with van der Waals surface area (Å²) in [7, 11) is -4.18. The van der Waals surface area contributed by atoms with Crippen molar-refractivity contribution in [2.24, 2.45) is 0 Å². The van der Waals surface area contributed by atoms with Crippen LogP contribution in [-0.2, 0) is 10.0 Å². The zero-order valence-corrected chi connectivity index (χ0v) is 8.57. The molecule has 7 heteroatoms. The predicted molar refractivity (Wildman–Crippen MR) is 51.6 cm³/mol. The Hall–Kier alpha value is -1.05. The van der Waals surface area contributed by atoms with Crippen LogP contribution in [0, 0.1) is 0 Å². The molecule has 0 unspecified atom stereocenters. The summed E-state index contributed by atoms with van der Waals surface area (Å²) in [5, 5.41) is 7.67. The smallest absolute Gasteiger partial charge is 0.271 e. The third-order valence-corrected chi connectivity index (χ3v) is 3.25. The van der Waals surface area contributed by atoms with E-state index in [1.165, 1.54) is 24.3 Å². The highest BCUT2D eigenvalue weighted by molar-refractivity contribution is 7.99. The summed E-state index contributed by atoms with van der Waals surface area (Å²) in [6, 6.07) is 7.08. The number of thiol groups is 1. The Kier molecular flexibility index (Phi) is 3.14. The first-order chi connectivity index (χ1) is 6.46.